The molecule has 2 heterocycles. The van der Waals surface area contributed by atoms with Gasteiger partial charge >= 0.3 is 0 Å². The number of rotatable bonds is 3. The summed E-state index contributed by atoms with van der Waals surface area (Å²) in [4.78, 5) is 31.6. The lowest BCUT2D eigenvalue weighted by atomic mass is 10.00. The van der Waals surface area contributed by atoms with Gasteiger partial charge in [-0.1, -0.05) is 30.7 Å². The van der Waals surface area contributed by atoms with E-state index < -0.39 is 0 Å². The molecule has 0 saturated carbocycles. The first-order valence-electron chi connectivity index (χ1n) is 9.50. The molecule has 1 aliphatic heterocycles. The van der Waals surface area contributed by atoms with Gasteiger partial charge in [0.25, 0.3) is 11.8 Å². The fourth-order valence-corrected chi connectivity index (χ4v) is 3.77. The van der Waals surface area contributed by atoms with Crippen molar-refractivity contribution in [3.8, 4) is 0 Å². The van der Waals surface area contributed by atoms with Crippen molar-refractivity contribution >= 4 is 17.5 Å². The first-order chi connectivity index (χ1) is 12.8. The van der Waals surface area contributed by atoms with Crippen LogP contribution in [-0.2, 0) is 0 Å². The van der Waals surface area contributed by atoms with Gasteiger partial charge in [-0.25, -0.2) is 4.98 Å². The van der Waals surface area contributed by atoms with Gasteiger partial charge in [-0.15, -0.1) is 0 Å². The summed E-state index contributed by atoms with van der Waals surface area (Å²) in [5.41, 5.74) is 4.56. The Balaban J connectivity index is 1.79. The van der Waals surface area contributed by atoms with E-state index in [1.165, 1.54) is 0 Å². The van der Waals surface area contributed by atoms with E-state index in [4.69, 9.17) is 0 Å². The van der Waals surface area contributed by atoms with Crippen molar-refractivity contribution in [1.82, 2.24) is 9.88 Å². The fraction of sp³-hybridized carbons (Fsp3) is 0.409. The number of nitrogens with one attached hydrogen (secondary N) is 1. The monoisotopic (exact) mass is 365 g/mol. The highest BCUT2D eigenvalue weighted by atomic mass is 16.2. The second-order valence-corrected chi connectivity index (χ2v) is 7.63. The van der Waals surface area contributed by atoms with Crippen molar-refractivity contribution in [3.05, 3.63) is 58.4 Å². The lowest BCUT2D eigenvalue weighted by Crippen LogP contribution is -2.39. The summed E-state index contributed by atoms with van der Waals surface area (Å²) in [7, 11) is 0. The van der Waals surface area contributed by atoms with Crippen molar-refractivity contribution < 1.29 is 9.59 Å². The number of aryl methyl sites for hydroxylation is 3. The number of nitrogens with zero attached hydrogens (tertiary/aromatic N) is 2. The minimum absolute atomic E-state index is 0.0982. The van der Waals surface area contributed by atoms with Gasteiger partial charge < -0.3 is 10.2 Å². The van der Waals surface area contributed by atoms with E-state index in [-0.39, 0.29) is 17.5 Å². The van der Waals surface area contributed by atoms with Gasteiger partial charge in [-0.05, 0) is 62.8 Å². The Labute approximate surface area is 160 Å². The predicted molar refractivity (Wildman–Crippen MR) is 107 cm³/mol. The van der Waals surface area contributed by atoms with E-state index in [9.17, 15) is 9.59 Å². The number of amides is 2. The number of carbonyl (C=O) groups excluding carboxylic acids is 2. The van der Waals surface area contributed by atoms with Gasteiger partial charge in [-0.3, -0.25) is 9.59 Å². The molecule has 1 saturated heterocycles. The number of carbonyl (C=O) groups is 2. The van der Waals surface area contributed by atoms with E-state index in [2.05, 4.69) is 17.2 Å². The van der Waals surface area contributed by atoms with Crippen molar-refractivity contribution in [1.29, 1.82) is 0 Å². The van der Waals surface area contributed by atoms with Gasteiger partial charge in [0.05, 0.1) is 0 Å². The van der Waals surface area contributed by atoms with Crippen LogP contribution in [0.15, 0.2) is 30.3 Å². The molecule has 1 fully saturated rings. The normalized spacial score (nSPS) is 16.9. The minimum atomic E-state index is -0.299. The van der Waals surface area contributed by atoms with Gasteiger partial charge in [0.2, 0.25) is 0 Å². The lowest BCUT2D eigenvalue weighted by Gasteiger charge is -2.30. The Morgan fingerprint density at radius 1 is 1.11 bits per heavy atom. The molecule has 142 valence electrons. The van der Waals surface area contributed by atoms with Crippen molar-refractivity contribution in [2.75, 3.05) is 18.4 Å². The summed E-state index contributed by atoms with van der Waals surface area (Å²) in [5, 5.41) is 2.95. The van der Waals surface area contributed by atoms with Crippen LogP contribution in [0.4, 0.5) is 5.69 Å². The number of benzene rings is 1. The molecule has 1 aromatic heterocycles. The molecule has 0 bridgehead atoms. The molecule has 1 atom stereocenters. The zero-order valence-electron chi connectivity index (χ0n) is 16.5. The molecule has 0 spiro atoms. The predicted octanol–water partition coefficient (Wildman–Crippen LogP) is 4.13. The summed E-state index contributed by atoms with van der Waals surface area (Å²) in [6, 6.07) is 9.11. The number of piperidine rings is 1. The van der Waals surface area contributed by atoms with Gasteiger partial charge in [0.1, 0.15) is 11.4 Å². The third-order valence-electron chi connectivity index (χ3n) is 5.06. The molecule has 1 aliphatic rings. The van der Waals surface area contributed by atoms with E-state index in [0.29, 0.717) is 11.6 Å². The average Bonchev–Trinajstić information content (AvgIpc) is 2.64. The minimum Gasteiger partial charge on any atom is -0.337 e. The molecular weight excluding hydrogens is 338 g/mol. The quantitative estimate of drug-likeness (QED) is 0.889. The highest BCUT2D eigenvalue weighted by molar-refractivity contribution is 6.04. The Hall–Kier alpha value is -2.69. The summed E-state index contributed by atoms with van der Waals surface area (Å²) in [6.07, 6.45) is 2.16. The first-order valence-corrected chi connectivity index (χ1v) is 9.50. The maximum absolute atomic E-state index is 12.8. The largest absolute Gasteiger partial charge is 0.337 e. The van der Waals surface area contributed by atoms with Crippen molar-refractivity contribution in [2.45, 2.75) is 40.5 Å². The standard InChI is InChI=1S/C22H27N3O2/c1-14-7-6-10-25(13-14)22(27)19-9-5-8-18(23-19)21(26)24-20-16(3)11-15(2)12-17(20)4/h5,8-9,11-12,14H,6-7,10,13H2,1-4H3,(H,24,26). The Morgan fingerprint density at radius 3 is 2.44 bits per heavy atom. The molecule has 0 aliphatic carbocycles. The molecule has 27 heavy (non-hydrogen) atoms. The highest BCUT2D eigenvalue weighted by Crippen LogP contribution is 2.23. The Bertz CT molecular complexity index is 853. The lowest BCUT2D eigenvalue weighted by molar-refractivity contribution is 0.0677. The highest BCUT2D eigenvalue weighted by Gasteiger charge is 2.23. The number of aromatic nitrogens is 1. The average molecular weight is 365 g/mol. The van der Waals surface area contributed by atoms with Crippen molar-refractivity contribution in [3.63, 3.8) is 0 Å². The third-order valence-corrected chi connectivity index (χ3v) is 5.06. The molecule has 0 radical (unpaired) electrons. The molecule has 1 unspecified atom stereocenters. The number of anilines is 1. The fourth-order valence-electron chi connectivity index (χ4n) is 3.77. The van der Waals surface area contributed by atoms with E-state index in [1.54, 1.807) is 18.2 Å². The molecule has 5 heteroatoms. The zero-order chi connectivity index (χ0) is 19.6. The smallest absolute Gasteiger partial charge is 0.274 e. The Morgan fingerprint density at radius 2 is 1.78 bits per heavy atom. The Kier molecular flexibility index (Phi) is 5.59. The summed E-state index contributed by atoms with van der Waals surface area (Å²) >= 11 is 0. The second kappa shape index (κ2) is 7.91. The molecule has 5 nitrogen and oxygen atoms in total. The van der Waals surface area contributed by atoms with Crippen LogP contribution in [0.25, 0.3) is 0 Å². The molecule has 2 aromatic rings. The molecule has 3 rings (SSSR count). The number of likely N-dealkylation sites (tertiary alicyclic amines) is 1. The number of hydrogen-bond acceptors (Lipinski definition) is 3. The summed E-state index contributed by atoms with van der Waals surface area (Å²) < 4.78 is 0. The summed E-state index contributed by atoms with van der Waals surface area (Å²) in [6.45, 7) is 9.63. The van der Waals surface area contributed by atoms with E-state index >= 15 is 0 Å². The van der Waals surface area contributed by atoms with Crippen LogP contribution in [-0.4, -0.2) is 34.8 Å². The first kappa shape index (κ1) is 19.1. The molecule has 1 aromatic carbocycles. The van der Waals surface area contributed by atoms with Crippen LogP contribution in [0.3, 0.4) is 0 Å². The van der Waals surface area contributed by atoms with Gasteiger partial charge in [0, 0.05) is 18.8 Å². The maximum atomic E-state index is 12.8. The molecule has 1 N–H and O–H groups in total. The van der Waals surface area contributed by atoms with E-state index in [1.807, 2.05) is 37.8 Å². The topological polar surface area (TPSA) is 62.3 Å². The number of pyridine rings is 1. The van der Waals surface area contributed by atoms with E-state index in [0.717, 1.165) is 48.3 Å². The van der Waals surface area contributed by atoms with Crippen LogP contribution in [0.5, 0.6) is 0 Å². The SMILES string of the molecule is Cc1cc(C)c(NC(=O)c2cccc(C(=O)N3CCCC(C)C3)n2)c(C)c1. The van der Waals surface area contributed by atoms with Crippen LogP contribution >= 0.6 is 0 Å². The summed E-state index contributed by atoms with van der Waals surface area (Å²) in [5.74, 6) is 0.104. The van der Waals surface area contributed by atoms with Gasteiger partial charge in [-0.2, -0.15) is 0 Å². The van der Waals surface area contributed by atoms with Crippen LogP contribution < -0.4 is 5.32 Å². The number of hydrogen-bond donors (Lipinski definition) is 1. The molecule has 2 amide bonds. The maximum Gasteiger partial charge on any atom is 0.274 e. The third kappa shape index (κ3) is 4.35. The van der Waals surface area contributed by atoms with Gasteiger partial charge in [0.15, 0.2) is 0 Å². The molecular formula is C22H27N3O2. The zero-order valence-corrected chi connectivity index (χ0v) is 16.5. The van der Waals surface area contributed by atoms with Crippen LogP contribution in [0, 0.1) is 26.7 Å². The van der Waals surface area contributed by atoms with Crippen molar-refractivity contribution in [2.24, 2.45) is 5.92 Å². The second-order valence-electron chi connectivity index (χ2n) is 7.63. The van der Waals surface area contributed by atoms with Crippen LogP contribution in [0.1, 0.15) is 57.4 Å². The van der Waals surface area contributed by atoms with Crippen LogP contribution in [0.2, 0.25) is 0 Å².